The number of hydrogen-bond donors (Lipinski definition) is 1. The third-order valence-corrected chi connectivity index (χ3v) is 5.91. The van der Waals surface area contributed by atoms with Gasteiger partial charge in [0.2, 0.25) is 0 Å². The highest BCUT2D eigenvalue weighted by atomic mass is 127. The van der Waals surface area contributed by atoms with Crippen molar-refractivity contribution in [1.29, 1.82) is 0 Å². The second kappa shape index (κ2) is 12.0. The van der Waals surface area contributed by atoms with E-state index in [0.29, 0.717) is 0 Å². The number of halogens is 1. The third-order valence-electron chi connectivity index (χ3n) is 5.91. The zero-order valence-electron chi connectivity index (χ0n) is 17.7. The van der Waals surface area contributed by atoms with Crippen LogP contribution in [0.25, 0.3) is 0 Å². The number of likely N-dealkylation sites (tertiary alicyclic amines) is 1. The van der Waals surface area contributed by atoms with Crippen molar-refractivity contribution in [3.8, 4) is 0 Å². The molecular weight excluding hydrogens is 467 g/mol. The van der Waals surface area contributed by atoms with Crippen LogP contribution in [-0.2, 0) is 4.74 Å². The molecule has 2 saturated heterocycles. The molecule has 0 spiro atoms. The van der Waals surface area contributed by atoms with Gasteiger partial charge >= 0.3 is 0 Å². The summed E-state index contributed by atoms with van der Waals surface area (Å²) in [5, 5.41) is 3.59. The van der Waals surface area contributed by atoms with Crippen LogP contribution in [0.3, 0.4) is 0 Å². The van der Waals surface area contributed by atoms with Gasteiger partial charge in [0.15, 0.2) is 5.96 Å². The fraction of sp³-hybridized carbons (Fsp3) is 0.762. The molecule has 0 aliphatic carbocycles. The molecule has 0 aromatic carbocycles. The zero-order valence-corrected chi connectivity index (χ0v) is 20.0. The van der Waals surface area contributed by atoms with Crippen LogP contribution in [0, 0.1) is 12.8 Å². The van der Waals surface area contributed by atoms with E-state index in [1.165, 1.54) is 32.1 Å². The summed E-state index contributed by atoms with van der Waals surface area (Å²) >= 11 is 0. The van der Waals surface area contributed by atoms with E-state index in [1.54, 1.807) is 0 Å². The number of furan rings is 1. The molecule has 0 saturated carbocycles. The zero-order chi connectivity index (χ0) is 19.1. The van der Waals surface area contributed by atoms with Crippen molar-refractivity contribution < 1.29 is 9.15 Å². The van der Waals surface area contributed by atoms with Gasteiger partial charge in [-0.25, -0.2) is 0 Å². The number of guanidine groups is 1. The molecule has 160 valence electrons. The number of aliphatic imine (C=N–C) groups is 1. The summed E-state index contributed by atoms with van der Waals surface area (Å²) in [6, 6.07) is 4.45. The maximum Gasteiger partial charge on any atom is 0.193 e. The van der Waals surface area contributed by atoms with Gasteiger partial charge in [0.25, 0.3) is 0 Å². The van der Waals surface area contributed by atoms with Crippen molar-refractivity contribution in [2.75, 3.05) is 53.5 Å². The number of aryl methyl sites for hydroxylation is 1. The first-order valence-corrected chi connectivity index (χ1v) is 10.5. The summed E-state index contributed by atoms with van der Waals surface area (Å²) in [7, 11) is 4.01. The Balaban J connectivity index is 0.00000280. The molecule has 0 radical (unpaired) electrons. The lowest BCUT2D eigenvalue weighted by Gasteiger charge is -2.30. The van der Waals surface area contributed by atoms with Crippen molar-refractivity contribution >= 4 is 29.9 Å². The molecule has 6 nitrogen and oxygen atoms in total. The Morgan fingerprint density at radius 3 is 2.61 bits per heavy atom. The highest BCUT2D eigenvalue weighted by Gasteiger charge is 2.26. The molecule has 1 aromatic heterocycles. The van der Waals surface area contributed by atoms with E-state index in [4.69, 9.17) is 9.15 Å². The average molecular weight is 504 g/mol. The molecule has 2 aliphatic heterocycles. The molecule has 0 bridgehead atoms. The molecule has 3 heterocycles. The van der Waals surface area contributed by atoms with Crippen LogP contribution >= 0.6 is 24.0 Å². The van der Waals surface area contributed by atoms with E-state index in [2.05, 4.69) is 39.3 Å². The summed E-state index contributed by atoms with van der Waals surface area (Å²) < 4.78 is 11.4. The maximum atomic E-state index is 5.96. The Bertz CT molecular complexity index is 595. The lowest BCUT2D eigenvalue weighted by atomic mass is 9.96. The van der Waals surface area contributed by atoms with Crippen molar-refractivity contribution in [3.63, 3.8) is 0 Å². The largest absolute Gasteiger partial charge is 0.465 e. The first-order chi connectivity index (χ1) is 13.2. The van der Waals surface area contributed by atoms with Crippen molar-refractivity contribution in [3.05, 3.63) is 23.7 Å². The molecule has 28 heavy (non-hydrogen) atoms. The minimum atomic E-state index is 0. The normalized spacial score (nSPS) is 20.0. The highest BCUT2D eigenvalue weighted by Crippen LogP contribution is 2.26. The van der Waals surface area contributed by atoms with Gasteiger partial charge < -0.3 is 19.4 Å². The number of nitrogens with one attached hydrogen (secondary N) is 1. The van der Waals surface area contributed by atoms with Crippen LogP contribution in [-0.4, -0.2) is 69.2 Å². The van der Waals surface area contributed by atoms with Crippen LogP contribution in [0.5, 0.6) is 0 Å². The van der Waals surface area contributed by atoms with E-state index >= 15 is 0 Å². The van der Waals surface area contributed by atoms with Crippen LogP contribution in [0.1, 0.15) is 49.7 Å². The number of nitrogens with zero attached hydrogens (tertiary/aromatic N) is 3. The van der Waals surface area contributed by atoms with Gasteiger partial charge in [-0.05, 0) is 70.2 Å². The summed E-state index contributed by atoms with van der Waals surface area (Å²) in [5.74, 6) is 3.78. The van der Waals surface area contributed by atoms with Gasteiger partial charge in [0.05, 0.1) is 6.04 Å². The van der Waals surface area contributed by atoms with E-state index in [0.717, 1.165) is 62.8 Å². The molecule has 1 unspecified atom stereocenters. The Morgan fingerprint density at radius 1 is 1.29 bits per heavy atom. The number of ether oxygens (including phenoxy) is 1. The molecule has 1 atom stereocenters. The number of rotatable bonds is 7. The molecule has 2 fully saturated rings. The SMILES string of the molecule is CN=C(NCC(c1ccc(C)o1)N1CCCC1)N(C)CCC1CCOCC1.I. The lowest BCUT2D eigenvalue weighted by molar-refractivity contribution is 0.0625. The van der Waals surface area contributed by atoms with E-state index in [1.807, 2.05) is 14.0 Å². The first-order valence-electron chi connectivity index (χ1n) is 10.5. The summed E-state index contributed by atoms with van der Waals surface area (Å²) in [6.45, 7) is 7.98. The lowest BCUT2D eigenvalue weighted by Crippen LogP contribution is -2.44. The Morgan fingerprint density at radius 2 is 2.00 bits per heavy atom. The van der Waals surface area contributed by atoms with E-state index in [9.17, 15) is 0 Å². The second-order valence-corrected chi connectivity index (χ2v) is 7.90. The molecular formula is C21H37IN4O2. The topological polar surface area (TPSA) is 53.2 Å². The maximum absolute atomic E-state index is 5.96. The second-order valence-electron chi connectivity index (χ2n) is 7.90. The summed E-state index contributed by atoms with van der Waals surface area (Å²) in [4.78, 5) is 9.29. The van der Waals surface area contributed by atoms with Crippen LogP contribution in [0.15, 0.2) is 21.5 Å². The minimum Gasteiger partial charge on any atom is -0.465 e. The number of hydrogen-bond acceptors (Lipinski definition) is 4. The standard InChI is InChI=1S/C21H36N4O2.HI/c1-17-6-7-20(27-17)19(25-11-4-5-12-25)16-23-21(22-2)24(3)13-8-18-9-14-26-15-10-18;/h6-7,18-19H,4-5,8-16H2,1-3H3,(H,22,23);1H. The highest BCUT2D eigenvalue weighted by molar-refractivity contribution is 14.0. The van der Waals surface area contributed by atoms with Gasteiger partial charge in [-0.3, -0.25) is 9.89 Å². The van der Waals surface area contributed by atoms with Gasteiger partial charge in [-0.1, -0.05) is 0 Å². The quantitative estimate of drug-likeness (QED) is 0.349. The summed E-state index contributed by atoms with van der Waals surface area (Å²) in [6.07, 6.45) is 6.13. The fourth-order valence-corrected chi connectivity index (χ4v) is 4.19. The fourth-order valence-electron chi connectivity index (χ4n) is 4.19. The molecule has 0 amide bonds. The van der Waals surface area contributed by atoms with E-state index in [-0.39, 0.29) is 30.0 Å². The summed E-state index contributed by atoms with van der Waals surface area (Å²) in [5.41, 5.74) is 0. The van der Waals surface area contributed by atoms with Crippen molar-refractivity contribution in [2.45, 2.75) is 45.1 Å². The van der Waals surface area contributed by atoms with Crippen molar-refractivity contribution in [2.24, 2.45) is 10.9 Å². The molecule has 2 aliphatic rings. The van der Waals surface area contributed by atoms with Gasteiger partial charge in [0, 0.05) is 40.4 Å². The predicted octanol–water partition coefficient (Wildman–Crippen LogP) is 3.67. The minimum absolute atomic E-state index is 0. The van der Waals surface area contributed by atoms with Crippen LogP contribution < -0.4 is 5.32 Å². The third kappa shape index (κ3) is 6.62. The molecule has 1 aromatic rings. The average Bonchev–Trinajstić information content (AvgIpc) is 3.36. The first kappa shape index (κ1) is 23.5. The van der Waals surface area contributed by atoms with Gasteiger partial charge in [-0.15, -0.1) is 24.0 Å². The van der Waals surface area contributed by atoms with Crippen LogP contribution in [0.4, 0.5) is 0 Å². The molecule has 7 heteroatoms. The predicted molar refractivity (Wildman–Crippen MR) is 125 cm³/mol. The smallest absolute Gasteiger partial charge is 0.193 e. The Hall–Kier alpha value is -0.800. The van der Waals surface area contributed by atoms with E-state index < -0.39 is 0 Å². The van der Waals surface area contributed by atoms with Crippen molar-refractivity contribution in [1.82, 2.24) is 15.1 Å². The molecule has 1 N–H and O–H groups in total. The molecule has 3 rings (SSSR count). The Labute approximate surface area is 187 Å². The van der Waals surface area contributed by atoms with Gasteiger partial charge in [-0.2, -0.15) is 0 Å². The Kier molecular flexibility index (Phi) is 10.1. The van der Waals surface area contributed by atoms with Gasteiger partial charge in [0.1, 0.15) is 11.5 Å². The van der Waals surface area contributed by atoms with Crippen LogP contribution in [0.2, 0.25) is 0 Å². The monoisotopic (exact) mass is 504 g/mol.